The first-order valence-electron chi connectivity index (χ1n) is 10.2. The highest BCUT2D eigenvalue weighted by molar-refractivity contribution is 7.89. The molecule has 0 spiro atoms. The van der Waals surface area contributed by atoms with E-state index in [2.05, 4.69) is 10.5 Å². The predicted molar refractivity (Wildman–Crippen MR) is 115 cm³/mol. The molecule has 0 aliphatic carbocycles. The van der Waals surface area contributed by atoms with Gasteiger partial charge < -0.3 is 14.7 Å². The van der Waals surface area contributed by atoms with Gasteiger partial charge in [-0.1, -0.05) is 44.1 Å². The SMILES string of the molecule is CC(C)(C)c1cc(NC(=O)CCC(=O)N2CCN(S(=O)(=O)c3ccccc3)CC2)no1. The van der Waals surface area contributed by atoms with Crippen molar-refractivity contribution in [1.82, 2.24) is 14.4 Å². The molecule has 1 aromatic carbocycles. The monoisotopic (exact) mass is 448 g/mol. The molecule has 1 aromatic heterocycles. The van der Waals surface area contributed by atoms with Crippen molar-refractivity contribution < 1.29 is 22.5 Å². The highest BCUT2D eigenvalue weighted by Crippen LogP contribution is 2.24. The molecule has 10 heteroatoms. The van der Waals surface area contributed by atoms with Crippen LogP contribution in [0.1, 0.15) is 39.4 Å². The van der Waals surface area contributed by atoms with Gasteiger partial charge in [0.05, 0.1) is 4.90 Å². The fourth-order valence-electron chi connectivity index (χ4n) is 3.19. The quantitative estimate of drug-likeness (QED) is 0.725. The molecule has 0 bridgehead atoms. The number of piperazine rings is 1. The normalized spacial score (nSPS) is 15.6. The molecule has 0 saturated carbocycles. The Balaban J connectivity index is 1.46. The van der Waals surface area contributed by atoms with Crippen LogP contribution in [0.25, 0.3) is 0 Å². The molecule has 1 saturated heterocycles. The smallest absolute Gasteiger partial charge is 0.243 e. The number of aromatic nitrogens is 1. The number of benzene rings is 1. The van der Waals surface area contributed by atoms with E-state index < -0.39 is 10.0 Å². The summed E-state index contributed by atoms with van der Waals surface area (Å²) in [5, 5.41) is 6.47. The number of hydrogen-bond donors (Lipinski definition) is 1. The van der Waals surface area contributed by atoms with Crippen molar-refractivity contribution >= 4 is 27.7 Å². The summed E-state index contributed by atoms with van der Waals surface area (Å²) in [4.78, 5) is 26.4. The van der Waals surface area contributed by atoms with Crippen LogP contribution in [-0.4, -0.2) is 60.8 Å². The molecule has 1 fully saturated rings. The third-order valence-corrected chi connectivity index (χ3v) is 6.97. The van der Waals surface area contributed by atoms with E-state index in [1.165, 1.54) is 4.31 Å². The third-order valence-electron chi connectivity index (χ3n) is 5.06. The van der Waals surface area contributed by atoms with Crippen LogP contribution >= 0.6 is 0 Å². The molecule has 0 radical (unpaired) electrons. The number of sulfonamides is 1. The van der Waals surface area contributed by atoms with Crippen molar-refractivity contribution in [1.29, 1.82) is 0 Å². The maximum absolute atomic E-state index is 12.7. The van der Waals surface area contributed by atoms with Gasteiger partial charge in [0.15, 0.2) is 5.82 Å². The molecule has 31 heavy (non-hydrogen) atoms. The van der Waals surface area contributed by atoms with Crippen LogP contribution < -0.4 is 5.32 Å². The number of hydrogen-bond acceptors (Lipinski definition) is 6. The number of carbonyl (C=O) groups excluding carboxylic acids is 2. The molecule has 1 aliphatic rings. The van der Waals surface area contributed by atoms with E-state index in [9.17, 15) is 18.0 Å². The van der Waals surface area contributed by atoms with Gasteiger partial charge in [-0.3, -0.25) is 9.59 Å². The van der Waals surface area contributed by atoms with Gasteiger partial charge in [-0.15, -0.1) is 0 Å². The summed E-state index contributed by atoms with van der Waals surface area (Å²) >= 11 is 0. The lowest BCUT2D eigenvalue weighted by molar-refractivity contribution is -0.133. The van der Waals surface area contributed by atoms with E-state index in [0.717, 1.165) is 0 Å². The number of anilines is 1. The molecule has 9 nitrogen and oxygen atoms in total. The lowest BCUT2D eigenvalue weighted by Gasteiger charge is -2.34. The van der Waals surface area contributed by atoms with Crippen LogP contribution in [0.15, 0.2) is 45.8 Å². The summed E-state index contributed by atoms with van der Waals surface area (Å²) < 4.78 is 32.0. The topological polar surface area (TPSA) is 113 Å². The van der Waals surface area contributed by atoms with Crippen molar-refractivity contribution in [3.05, 3.63) is 42.2 Å². The van der Waals surface area contributed by atoms with Crippen molar-refractivity contribution in [3.63, 3.8) is 0 Å². The number of nitrogens with zero attached hydrogens (tertiary/aromatic N) is 3. The van der Waals surface area contributed by atoms with Crippen LogP contribution in [-0.2, 0) is 25.0 Å². The molecule has 2 heterocycles. The van der Waals surface area contributed by atoms with E-state index >= 15 is 0 Å². The third kappa shape index (κ3) is 5.71. The minimum atomic E-state index is -3.56. The fourth-order valence-corrected chi connectivity index (χ4v) is 4.63. The van der Waals surface area contributed by atoms with Crippen LogP contribution in [0.2, 0.25) is 0 Å². The van der Waals surface area contributed by atoms with E-state index in [4.69, 9.17) is 4.52 Å². The van der Waals surface area contributed by atoms with Crippen molar-refractivity contribution in [2.45, 2.75) is 43.9 Å². The summed E-state index contributed by atoms with van der Waals surface area (Å²) in [5.41, 5.74) is -0.220. The van der Waals surface area contributed by atoms with E-state index in [1.54, 1.807) is 41.3 Å². The first-order valence-corrected chi connectivity index (χ1v) is 11.6. The van der Waals surface area contributed by atoms with Crippen LogP contribution in [0.4, 0.5) is 5.82 Å². The Bertz CT molecular complexity index is 1020. The van der Waals surface area contributed by atoms with Crippen LogP contribution in [0, 0.1) is 0 Å². The van der Waals surface area contributed by atoms with Gasteiger partial charge in [0, 0.05) is 50.5 Å². The second kappa shape index (κ2) is 9.19. The maximum atomic E-state index is 12.7. The van der Waals surface area contributed by atoms with Crippen molar-refractivity contribution in [2.24, 2.45) is 0 Å². The highest BCUT2D eigenvalue weighted by Gasteiger charge is 2.30. The van der Waals surface area contributed by atoms with Crippen molar-refractivity contribution in [2.75, 3.05) is 31.5 Å². The maximum Gasteiger partial charge on any atom is 0.243 e. The molecule has 1 N–H and O–H groups in total. The number of nitrogens with one attached hydrogen (secondary N) is 1. The van der Waals surface area contributed by atoms with Gasteiger partial charge in [0.1, 0.15) is 5.76 Å². The van der Waals surface area contributed by atoms with Gasteiger partial charge in [0.25, 0.3) is 0 Å². The Hall–Kier alpha value is -2.72. The first-order chi connectivity index (χ1) is 14.6. The summed E-state index contributed by atoms with van der Waals surface area (Å²) in [6, 6.07) is 9.92. The Kier molecular flexibility index (Phi) is 6.80. The molecule has 2 aromatic rings. The fraction of sp³-hybridized carbons (Fsp3) is 0.476. The molecule has 2 amide bonds. The minimum absolute atomic E-state index is 0.0130. The molecular formula is C21H28N4O5S. The van der Waals surface area contributed by atoms with Gasteiger partial charge in [-0.25, -0.2) is 8.42 Å². The molecule has 0 unspecified atom stereocenters. The first kappa shape index (κ1) is 23.0. The lowest BCUT2D eigenvalue weighted by atomic mass is 9.93. The molecule has 168 valence electrons. The summed E-state index contributed by atoms with van der Waals surface area (Å²) in [6.07, 6.45) is 0.0559. The average molecular weight is 449 g/mol. The zero-order valence-electron chi connectivity index (χ0n) is 18.0. The largest absolute Gasteiger partial charge is 0.359 e. The Morgan fingerprint density at radius 1 is 1.06 bits per heavy atom. The number of amides is 2. The highest BCUT2D eigenvalue weighted by atomic mass is 32.2. The summed E-state index contributed by atoms with van der Waals surface area (Å²) in [6.45, 7) is 6.97. The molecular weight excluding hydrogens is 420 g/mol. The minimum Gasteiger partial charge on any atom is -0.359 e. The lowest BCUT2D eigenvalue weighted by Crippen LogP contribution is -2.50. The average Bonchev–Trinajstić information content (AvgIpc) is 3.22. The summed E-state index contributed by atoms with van der Waals surface area (Å²) in [5.74, 6) is 0.471. The van der Waals surface area contributed by atoms with Crippen LogP contribution in [0.3, 0.4) is 0 Å². The second-order valence-electron chi connectivity index (χ2n) is 8.47. The Morgan fingerprint density at radius 2 is 1.71 bits per heavy atom. The van der Waals surface area contributed by atoms with Gasteiger partial charge in [0.2, 0.25) is 21.8 Å². The van der Waals surface area contributed by atoms with Crippen LogP contribution in [0.5, 0.6) is 0 Å². The van der Waals surface area contributed by atoms with E-state index in [-0.39, 0.29) is 48.1 Å². The molecule has 3 rings (SSSR count). The molecule has 1 aliphatic heterocycles. The summed E-state index contributed by atoms with van der Waals surface area (Å²) in [7, 11) is -3.56. The standard InChI is InChI=1S/C21H28N4O5S/c1-21(2,3)17-15-18(23-30-17)22-19(26)9-10-20(27)24-11-13-25(14-12-24)31(28,29)16-7-5-4-6-8-16/h4-8,15H,9-14H2,1-3H3,(H,22,23,26). The Labute approximate surface area is 182 Å². The zero-order chi connectivity index (χ0) is 22.6. The van der Waals surface area contributed by atoms with Gasteiger partial charge >= 0.3 is 0 Å². The van der Waals surface area contributed by atoms with Gasteiger partial charge in [-0.05, 0) is 12.1 Å². The number of rotatable bonds is 6. The van der Waals surface area contributed by atoms with E-state index in [1.807, 2.05) is 20.8 Å². The van der Waals surface area contributed by atoms with E-state index in [0.29, 0.717) is 24.7 Å². The zero-order valence-corrected chi connectivity index (χ0v) is 18.8. The molecule has 0 atom stereocenters. The Morgan fingerprint density at radius 3 is 2.29 bits per heavy atom. The predicted octanol–water partition coefficient (Wildman–Crippen LogP) is 2.22. The van der Waals surface area contributed by atoms with Crippen molar-refractivity contribution in [3.8, 4) is 0 Å². The number of carbonyl (C=O) groups is 2. The van der Waals surface area contributed by atoms with Gasteiger partial charge in [-0.2, -0.15) is 4.31 Å². The second-order valence-corrected chi connectivity index (χ2v) is 10.4.